The summed E-state index contributed by atoms with van der Waals surface area (Å²) >= 11 is 0. The zero-order valence-corrected chi connectivity index (χ0v) is 13.1. The van der Waals surface area contributed by atoms with Crippen LogP contribution in [0.25, 0.3) is 0 Å². The second kappa shape index (κ2) is 6.24. The summed E-state index contributed by atoms with van der Waals surface area (Å²) < 4.78 is 30.2. The molecular formula is C13H23N3O3S. The number of piperidine rings is 1. The topological polar surface area (TPSA) is 75.4 Å². The first-order valence-corrected chi connectivity index (χ1v) is 8.82. The average molecular weight is 301 g/mol. The van der Waals surface area contributed by atoms with Crippen molar-refractivity contribution in [3.8, 4) is 0 Å². The van der Waals surface area contributed by atoms with Crippen molar-refractivity contribution in [2.24, 2.45) is 5.92 Å². The fourth-order valence-electron chi connectivity index (χ4n) is 2.50. The fourth-order valence-corrected chi connectivity index (χ4v) is 3.44. The maximum Gasteiger partial charge on any atom is 0.211 e. The van der Waals surface area contributed by atoms with E-state index in [1.54, 1.807) is 10.5 Å². The van der Waals surface area contributed by atoms with Crippen LogP contribution in [0.3, 0.4) is 0 Å². The number of aryl methyl sites for hydroxylation is 1. The van der Waals surface area contributed by atoms with Gasteiger partial charge in [-0.15, -0.1) is 0 Å². The van der Waals surface area contributed by atoms with Crippen LogP contribution in [0, 0.1) is 12.8 Å². The molecule has 1 fully saturated rings. The van der Waals surface area contributed by atoms with E-state index < -0.39 is 10.0 Å². The zero-order valence-electron chi connectivity index (χ0n) is 12.3. The van der Waals surface area contributed by atoms with E-state index in [2.05, 4.69) is 10.3 Å². The van der Waals surface area contributed by atoms with E-state index in [0.717, 1.165) is 25.1 Å². The van der Waals surface area contributed by atoms with Gasteiger partial charge in [-0.25, -0.2) is 17.7 Å². The summed E-state index contributed by atoms with van der Waals surface area (Å²) in [5.74, 6) is 1.82. The molecule has 2 heterocycles. The average Bonchev–Trinajstić information content (AvgIpc) is 2.82. The molecule has 1 N–H and O–H groups in total. The first kappa shape index (κ1) is 15.5. The quantitative estimate of drug-likeness (QED) is 0.887. The lowest BCUT2D eigenvalue weighted by Crippen LogP contribution is -2.42. The van der Waals surface area contributed by atoms with Crippen molar-refractivity contribution in [1.29, 1.82) is 0 Å². The lowest BCUT2D eigenvalue weighted by molar-refractivity contribution is 0.252. The van der Waals surface area contributed by atoms with Gasteiger partial charge in [-0.05, 0) is 39.2 Å². The Kier molecular flexibility index (Phi) is 4.82. The largest absolute Gasteiger partial charge is 0.444 e. The van der Waals surface area contributed by atoms with Gasteiger partial charge in [-0.3, -0.25) is 0 Å². The van der Waals surface area contributed by atoms with Gasteiger partial charge >= 0.3 is 0 Å². The summed E-state index contributed by atoms with van der Waals surface area (Å²) in [6.45, 7) is 5.89. The normalized spacial score (nSPS) is 22.9. The molecule has 0 radical (unpaired) electrons. The van der Waals surface area contributed by atoms with Crippen LogP contribution in [0.5, 0.6) is 0 Å². The lowest BCUT2D eigenvalue weighted by atomic mass is 9.99. The van der Waals surface area contributed by atoms with Crippen molar-refractivity contribution in [3.63, 3.8) is 0 Å². The van der Waals surface area contributed by atoms with E-state index in [0.29, 0.717) is 24.9 Å². The molecule has 1 aromatic heterocycles. The number of sulfonamides is 1. The Balaban J connectivity index is 1.84. The smallest absolute Gasteiger partial charge is 0.211 e. The number of oxazole rings is 1. The first-order valence-electron chi connectivity index (χ1n) is 6.97. The predicted octanol–water partition coefficient (Wildman–Crippen LogP) is 1.31. The molecule has 0 spiro atoms. The van der Waals surface area contributed by atoms with Gasteiger partial charge in [-0.1, -0.05) is 0 Å². The van der Waals surface area contributed by atoms with Gasteiger partial charge in [0.25, 0.3) is 0 Å². The van der Waals surface area contributed by atoms with Crippen LogP contribution in [-0.2, 0) is 10.0 Å². The number of hydrogen-bond donors (Lipinski definition) is 1. The summed E-state index contributed by atoms with van der Waals surface area (Å²) in [6, 6.07) is 0.0392. The van der Waals surface area contributed by atoms with Gasteiger partial charge in [0.2, 0.25) is 15.9 Å². The van der Waals surface area contributed by atoms with Crippen LogP contribution in [0.2, 0.25) is 0 Å². The molecule has 1 saturated heterocycles. The SMILES string of the molecule is Cc1cnc(C(C)NCC2CCCN(S(C)(=O)=O)C2)o1. The summed E-state index contributed by atoms with van der Waals surface area (Å²) in [6.07, 6.45) is 4.96. The van der Waals surface area contributed by atoms with Crippen molar-refractivity contribution in [1.82, 2.24) is 14.6 Å². The molecule has 2 atom stereocenters. The third kappa shape index (κ3) is 4.04. The van der Waals surface area contributed by atoms with Crippen molar-refractivity contribution in [3.05, 3.63) is 17.8 Å². The number of nitrogens with zero attached hydrogens (tertiary/aromatic N) is 2. The minimum Gasteiger partial charge on any atom is -0.444 e. The van der Waals surface area contributed by atoms with Crippen molar-refractivity contribution >= 4 is 10.0 Å². The van der Waals surface area contributed by atoms with E-state index in [4.69, 9.17) is 4.42 Å². The minimum atomic E-state index is -3.07. The second-order valence-electron chi connectivity index (χ2n) is 5.57. The first-order chi connectivity index (χ1) is 9.36. The molecule has 0 bridgehead atoms. The summed E-state index contributed by atoms with van der Waals surface area (Å²) in [4.78, 5) is 4.20. The summed E-state index contributed by atoms with van der Waals surface area (Å²) in [5.41, 5.74) is 0. The van der Waals surface area contributed by atoms with Crippen LogP contribution in [0.15, 0.2) is 10.6 Å². The maximum atomic E-state index is 11.6. The molecule has 6 nitrogen and oxygen atoms in total. The Morgan fingerprint density at radius 2 is 2.35 bits per heavy atom. The molecule has 2 rings (SSSR count). The van der Waals surface area contributed by atoms with Crippen LogP contribution < -0.4 is 5.32 Å². The van der Waals surface area contributed by atoms with Crippen molar-refractivity contribution in [2.45, 2.75) is 32.7 Å². The van der Waals surface area contributed by atoms with Gasteiger partial charge in [-0.2, -0.15) is 0 Å². The van der Waals surface area contributed by atoms with Gasteiger partial charge in [0.1, 0.15) is 5.76 Å². The second-order valence-corrected chi connectivity index (χ2v) is 7.55. The van der Waals surface area contributed by atoms with E-state index >= 15 is 0 Å². The molecule has 0 saturated carbocycles. The molecular weight excluding hydrogens is 278 g/mol. The molecule has 7 heteroatoms. The van der Waals surface area contributed by atoms with Crippen molar-refractivity contribution in [2.75, 3.05) is 25.9 Å². The molecule has 0 amide bonds. The van der Waals surface area contributed by atoms with E-state index in [9.17, 15) is 8.42 Å². The van der Waals surface area contributed by atoms with Crippen LogP contribution >= 0.6 is 0 Å². The number of aromatic nitrogens is 1. The Morgan fingerprint density at radius 3 is 2.95 bits per heavy atom. The number of rotatable bonds is 5. The van der Waals surface area contributed by atoms with Crippen LogP contribution in [0.1, 0.15) is 37.5 Å². The highest BCUT2D eigenvalue weighted by Gasteiger charge is 2.26. The van der Waals surface area contributed by atoms with E-state index in [-0.39, 0.29) is 6.04 Å². The van der Waals surface area contributed by atoms with E-state index in [1.165, 1.54) is 6.26 Å². The summed E-state index contributed by atoms with van der Waals surface area (Å²) in [7, 11) is -3.07. The highest BCUT2D eigenvalue weighted by atomic mass is 32.2. The monoisotopic (exact) mass is 301 g/mol. The summed E-state index contributed by atoms with van der Waals surface area (Å²) in [5, 5.41) is 3.38. The molecule has 1 aliphatic rings. The van der Waals surface area contributed by atoms with Gasteiger partial charge in [0.15, 0.2) is 0 Å². The molecule has 0 aromatic carbocycles. The zero-order chi connectivity index (χ0) is 14.8. The lowest BCUT2D eigenvalue weighted by Gasteiger charge is -2.31. The van der Waals surface area contributed by atoms with Crippen LogP contribution in [0.4, 0.5) is 0 Å². The fraction of sp³-hybridized carbons (Fsp3) is 0.769. The minimum absolute atomic E-state index is 0.0392. The third-order valence-electron chi connectivity index (χ3n) is 3.67. The molecule has 114 valence electrons. The highest BCUT2D eigenvalue weighted by molar-refractivity contribution is 7.88. The van der Waals surface area contributed by atoms with Gasteiger partial charge in [0.05, 0.1) is 18.5 Å². The molecule has 0 aliphatic carbocycles. The Labute approximate surface area is 120 Å². The number of hydrogen-bond acceptors (Lipinski definition) is 5. The Hall–Kier alpha value is -0.920. The molecule has 1 aliphatic heterocycles. The Bertz CT molecular complexity index is 541. The third-order valence-corrected chi connectivity index (χ3v) is 4.94. The van der Waals surface area contributed by atoms with Gasteiger partial charge in [0, 0.05) is 13.1 Å². The van der Waals surface area contributed by atoms with E-state index in [1.807, 2.05) is 13.8 Å². The molecule has 20 heavy (non-hydrogen) atoms. The van der Waals surface area contributed by atoms with Crippen LogP contribution in [-0.4, -0.2) is 43.6 Å². The standard InChI is InChI=1S/C13H23N3O3S/c1-10-7-15-13(19-10)11(2)14-8-12-5-4-6-16(9-12)20(3,17)18/h7,11-12,14H,4-6,8-9H2,1-3H3. The molecule has 1 aromatic rings. The molecule has 2 unspecified atom stereocenters. The Morgan fingerprint density at radius 1 is 1.60 bits per heavy atom. The highest BCUT2D eigenvalue weighted by Crippen LogP contribution is 2.19. The number of nitrogens with one attached hydrogen (secondary N) is 1. The predicted molar refractivity (Wildman–Crippen MR) is 76.8 cm³/mol. The van der Waals surface area contributed by atoms with Gasteiger partial charge < -0.3 is 9.73 Å². The maximum absolute atomic E-state index is 11.6. The van der Waals surface area contributed by atoms with Crippen molar-refractivity contribution < 1.29 is 12.8 Å².